The molecule has 1 unspecified atom stereocenters. The molecule has 1 atom stereocenters. The molecule has 0 aromatic heterocycles. The van der Waals surface area contributed by atoms with E-state index in [1.165, 1.54) is 167 Å². The molecule has 0 spiro atoms. The van der Waals surface area contributed by atoms with E-state index in [0.29, 0.717) is 6.54 Å². The SMILES string of the molecule is CCCCCCCC/C=C\CCCCCCCCOC(CC)(OCCCCCCCC/C=C\CCCCCCCC)C(C)C[N+](C)(C)O.[Br-]. The predicted octanol–water partition coefficient (Wildman–Crippen LogP) is 11.3. The number of unbranched alkanes of at least 4 members (excludes halogenated alkanes) is 24. The number of halogens is 1. The number of quaternary nitrogens is 1. The summed E-state index contributed by atoms with van der Waals surface area (Å²) in [6.07, 6.45) is 47.3. The smallest absolute Gasteiger partial charge is 0.175 e. The average molecular weight is 759 g/mol. The molecular weight excluding hydrogens is 670 g/mol. The van der Waals surface area contributed by atoms with Crippen LogP contribution >= 0.6 is 0 Å². The van der Waals surface area contributed by atoms with Crippen LogP contribution in [-0.2, 0) is 9.47 Å². The zero-order chi connectivity index (χ0) is 35.4. The Hall–Kier alpha value is -0.200. The van der Waals surface area contributed by atoms with Gasteiger partial charge >= 0.3 is 0 Å². The Bertz CT molecular complexity index is 661. The molecule has 294 valence electrons. The van der Waals surface area contributed by atoms with Crippen molar-refractivity contribution in [2.24, 2.45) is 5.92 Å². The molecule has 0 saturated heterocycles. The van der Waals surface area contributed by atoms with Crippen LogP contribution in [0.25, 0.3) is 0 Å². The minimum Gasteiger partial charge on any atom is -1.00 e. The van der Waals surface area contributed by atoms with Crippen molar-refractivity contribution in [1.82, 2.24) is 0 Å². The van der Waals surface area contributed by atoms with Crippen molar-refractivity contribution in [2.75, 3.05) is 33.9 Å². The van der Waals surface area contributed by atoms with Crippen molar-refractivity contribution >= 4 is 0 Å². The van der Waals surface area contributed by atoms with E-state index in [1.54, 1.807) is 0 Å². The maximum absolute atomic E-state index is 10.5. The monoisotopic (exact) mass is 758 g/mol. The maximum Gasteiger partial charge on any atom is 0.175 e. The number of ether oxygens (including phenoxy) is 2. The van der Waals surface area contributed by atoms with Crippen molar-refractivity contribution in [1.29, 1.82) is 0 Å². The van der Waals surface area contributed by atoms with E-state index >= 15 is 0 Å². The average Bonchev–Trinajstić information content (AvgIpc) is 3.05. The van der Waals surface area contributed by atoms with E-state index in [4.69, 9.17) is 9.47 Å². The van der Waals surface area contributed by atoms with E-state index in [2.05, 4.69) is 52.0 Å². The van der Waals surface area contributed by atoms with Gasteiger partial charge in [-0.25, -0.2) is 5.21 Å². The van der Waals surface area contributed by atoms with E-state index in [-0.39, 0.29) is 27.5 Å². The van der Waals surface area contributed by atoms with Gasteiger partial charge in [-0.05, 0) is 70.6 Å². The topological polar surface area (TPSA) is 38.7 Å². The third kappa shape index (κ3) is 34.6. The van der Waals surface area contributed by atoms with Gasteiger partial charge in [0.2, 0.25) is 0 Å². The zero-order valence-corrected chi connectivity index (χ0v) is 35.7. The van der Waals surface area contributed by atoms with Crippen LogP contribution in [0.2, 0.25) is 0 Å². The molecule has 0 aliphatic carbocycles. The molecule has 0 amide bonds. The van der Waals surface area contributed by atoms with Crippen molar-refractivity contribution in [3.8, 4) is 0 Å². The molecule has 0 saturated carbocycles. The number of nitrogens with zero attached hydrogens (tertiary/aromatic N) is 1. The van der Waals surface area contributed by atoms with Crippen molar-refractivity contribution < 1.29 is 36.3 Å². The van der Waals surface area contributed by atoms with Gasteiger partial charge in [0.15, 0.2) is 5.79 Å². The fourth-order valence-corrected chi connectivity index (χ4v) is 6.88. The lowest BCUT2D eigenvalue weighted by Crippen LogP contribution is -3.00. The Morgan fingerprint density at radius 2 is 0.776 bits per heavy atom. The number of rotatable bonds is 38. The lowest BCUT2D eigenvalue weighted by Gasteiger charge is -2.39. The normalized spacial score (nSPS) is 13.1. The van der Waals surface area contributed by atoms with Crippen molar-refractivity contribution in [3.63, 3.8) is 0 Å². The second kappa shape index (κ2) is 37.6. The standard InChI is InChI=1S/C44H88NO3.BrH/c1-7-10-12-14-16-18-20-22-24-26-28-30-32-34-36-38-40-47-44(9-3,43(4)42-45(5,6)46)48-41-39-37-35-33-31-29-27-25-23-21-19-17-15-13-11-8-2;/h22-25,43,46H,7-21,26-42H2,1-6H3;1H/q+1;/p-1/b24-22-,25-23-;. The largest absolute Gasteiger partial charge is 1.00 e. The van der Waals surface area contributed by atoms with Gasteiger partial charge in [0.25, 0.3) is 0 Å². The van der Waals surface area contributed by atoms with Crippen LogP contribution < -0.4 is 17.0 Å². The van der Waals surface area contributed by atoms with Crippen LogP contribution in [0.4, 0.5) is 0 Å². The van der Waals surface area contributed by atoms with Gasteiger partial charge in [0.05, 0.1) is 33.2 Å². The summed E-state index contributed by atoms with van der Waals surface area (Å²) in [5.41, 5.74) is 0. The highest BCUT2D eigenvalue weighted by Crippen LogP contribution is 2.30. The Morgan fingerprint density at radius 1 is 0.490 bits per heavy atom. The fourth-order valence-electron chi connectivity index (χ4n) is 6.88. The quantitative estimate of drug-likeness (QED) is 0.0224. The van der Waals surface area contributed by atoms with Gasteiger partial charge in [0.1, 0.15) is 6.54 Å². The highest BCUT2D eigenvalue weighted by atomic mass is 79.9. The van der Waals surface area contributed by atoms with Gasteiger partial charge in [-0.15, -0.1) is 0 Å². The molecule has 49 heavy (non-hydrogen) atoms. The van der Waals surface area contributed by atoms with E-state index < -0.39 is 5.79 Å². The van der Waals surface area contributed by atoms with Crippen LogP contribution in [0.5, 0.6) is 0 Å². The second-order valence-corrected chi connectivity index (χ2v) is 15.4. The van der Waals surface area contributed by atoms with Gasteiger partial charge in [-0.1, -0.05) is 168 Å². The Balaban J connectivity index is 0. The van der Waals surface area contributed by atoms with Crippen LogP contribution in [-0.4, -0.2) is 49.5 Å². The van der Waals surface area contributed by atoms with Crippen LogP contribution in [0, 0.1) is 5.92 Å². The molecule has 0 fully saturated rings. The summed E-state index contributed by atoms with van der Waals surface area (Å²) in [4.78, 5) is 0. The minimum atomic E-state index is -0.609. The van der Waals surface area contributed by atoms with Crippen molar-refractivity contribution in [3.05, 3.63) is 24.3 Å². The minimum absolute atomic E-state index is 0. The summed E-state index contributed by atoms with van der Waals surface area (Å²) >= 11 is 0. The second-order valence-electron chi connectivity index (χ2n) is 15.4. The molecule has 4 nitrogen and oxygen atoms in total. The molecule has 1 N–H and O–H groups in total. The van der Waals surface area contributed by atoms with Crippen molar-refractivity contribution in [2.45, 2.75) is 220 Å². The molecular formula is C44H88BrNO3. The first-order chi connectivity index (χ1) is 23.3. The summed E-state index contributed by atoms with van der Waals surface area (Å²) in [6, 6.07) is 0. The van der Waals surface area contributed by atoms with Crippen LogP contribution in [0.3, 0.4) is 0 Å². The summed E-state index contributed by atoms with van der Waals surface area (Å²) in [7, 11) is 3.68. The first-order valence-corrected chi connectivity index (χ1v) is 21.4. The number of hydroxylamine groups is 3. The maximum atomic E-state index is 10.5. The van der Waals surface area contributed by atoms with E-state index in [0.717, 1.165) is 32.5 Å². The van der Waals surface area contributed by atoms with E-state index in [1.807, 2.05) is 14.1 Å². The first-order valence-electron chi connectivity index (χ1n) is 21.4. The molecule has 0 heterocycles. The molecule has 0 aromatic rings. The predicted molar refractivity (Wildman–Crippen MR) is 212 cm³/mol. The lowest BCUT2D eigenvalue weighted by molar-refractivity contribution is -1.08. The summed E-state index contributed by atoms with van der Waals surface area (Å²) in [5, 5.41) is 10.5. The summed E-state index contributed by atoms with van der Waals surface area (Å²) in [6.45, 7) is 11.0. The third-order valence-corrected chi connectivity index (χ3v) is 9.97. The van der Waals surface area contributed by atoms with E-state index in [9.17, 15) is 5.21 Å². The lowest BCUT2D eigenvalue weighted by atomic mass is 9.96. The van der Waals surface area contributed by atoms with Crippen LogP contribution in [0.1, 0.15) is 214 Å². The molecule has 0 aliphatic rings. The molecule has 5 heteroatoms. The van der Waals surface area contributed by atoms with Gasteiger partial charge in [-0.3, -0.25) is 0 Å². The highest BCUT2D eigenvalue weighted by molar-refractivity contribution is 4.82. The Kier molecular flexibility index (Phi) is 39.0. The number of allylic oxidation sites excluding steroid dienone is 4. The fraction of sp³-hybridized carbons (Fsp3) is 0.909. The summed E-state index contributed by atoms with van der Waals surface area (Å²) < 4.78 is 13.1. The molecule has 0 bridgehead atoms. The van der Waals surface area contributed by atoms with Gasteiger partial charge < -0.3 is 26.5 Å². The molecule has 0 rings (SSSR count). The molecule has 0 aromatic carbocycles. The zero-order valence-electron chi connectivity index (χ0n) is 34.1. The molecule has 0 aliphatic heterocycles. The highest BCUT2D eigenvalue weighted by Gasteiger charge is 2.40. The van der Waals surface area contributed by atoms with Crippen LogP contribution in [0.15, 0.2) is 24.3 Å². The number of hydrogen-bond acceptors (Lipinski definition) is 3. The Morgan fingerprint density at radius 3 is 1.06 bits per heavy atom. The number of hydrogen-bond donors (Lipinski definition) is 1. The molecule has 0 radical (unpaired) electrons. The Labute approximate surface area is 319 Å². The summed E-state index contributed by atoms with van der Waals surface area (Å²) in [5.74, 6) is -0.493. The first kappa shape index (κ1) is 50.9. The van der Waals surface area contributed by atoms with Gasteiger partial charge in [-0.2, -0.15) is 4.65 Å². The third-order valence-electron chi connectivity index (χ3n) is 9.97. The van der Waals surface area contributed by atoms with Gasteiger partial charge in [0, 0.05) is 0 Å².